The Bertz CT molecular complexity index is 557. The highest BCUT2D eigenvalue weighted by Crippen LogP contribution is 2.21. The van der Waals surface area contributed by atoms with Crippen LogP contribution >= 0.6 is 0 Å². The fourth-order valence-electron chi connectivity index (χ4n) is 1.48. The van der Waals surface area contributed by atoms with Gasteiger partial charge in [0.15, 0.2) is 5.03 Å². The molecule has 1 aromatic rings. The van der Waals surface area contributed by atoms with Crippen LogP contribution in [0, 0.1) is 5.41 Å². The number of aromatic amines is 1. The van der Waals surface area contributed by atoms with Gasteiger partial charge in [0.05, 0.1) is 6.20 Å². The maximum atomic E-state index is 12.1. The van der Waals surface area contributed by atoms with Crippen LogP contribution in [0.15, 0.2) is 11.2 Å². The number of hydrogen-bond donors (Lipinski definition) is 3. The van der Waals surface area contributed by atoms with Crippen molar-refractivity contribution in [3.05, 3.63) is 12.0 Å². The second-order valence-electron chi connectivity index (χ2n) is 5.31. The number of nitrogens with zero attached hydrogens (tertiary/aromatic N) is 1. The molecule has 8 heteroatoms. The summed E-state index contributed by atoms with van der Waals surface area (Å²) in [6.07, 6.45) is 1.75. The van der Waals surface area contributed by atoms with E-state index >= 15 is 0 Å². The van der Waals surface area contributed by atoms with Crippen LogP contribution in [0.2, 0.25) is 0 Å². The van der Waals surface area contributed by atoms with Gasteiger partial charge in [0.1, 0.15) is 11.9 Å². The van der Waals surface area contributed by atoms with Gasteiger partial charge in [-0.3, -0.25) is 4.79 Å². The first-order valence-electron chi connectivity index (χ1n) is 5.87. The summed E-state index contributed by atoms with van der Waals surface area (Å²) in [5, 5.41) is 8.99. The average molecular weight is 289 g/mol. The zero-order chi connectivity index (χ0) is 14.8. The molecular weight excluding hydrogens is 270 g/mol. The molecule has 1 atom stereocenters. The minimum Gasteiger partial charge on any atom is -0.480 e. The van der Waals surface area contributed by atoms with E-state index in [9.17, 15) is 13.2 Å². The highest BCUT2D eigenvalue weighted by molar-refractivity contribution is 7.89. The van der Waals surface area contributed by atoms with Crippen molar-refractivity contribution >= 4 is 16.0 Å². The van der Waals surface area contributed by atoms with Crippen molar-refractivity contribution in [3.8, 4) is 0 Å². The van der Waals surface area contributed by atoms with E-state index < -0.39 is 27.4 Å². The van der Waals surface area contributed by atoms with Gasteiger partial charge in [-0.05, 0) is 5.41 Å². The Labute approximate surface area is 112 Å². The van der Waals surface area contributed by atoms with Gasteiger partial charge < -0.3 is 10.1 Å². The maximum Gasteiger partial charge on any atom is 0.322 e. The molecule has 19 heavy (non-hydrogen) atoms. The Morgan fingerprint density at radius 1 is 1.53 bits per heavy atom. The number of nitrogens with one attached hydrogen (secondary N) is 2. The summed E-state index contributed by atoms with van der Waals surface area (Å²) in [5.41, 5.74) is -0.744. The van der Waals surface area contributed by atoms with Gasteiger partial charge in [0.25, 0.3) is 10.0 Å². The lowest BCUT2D eigenvalue weighted by molar-refractivity contribution is -0.141. The predicted molar refractivity (Wildman–Crippen MR) is 69.2 cm³/mol. The third kappa shape index (κ3) is 3.77. The zero-order valence-corrected chi connectivity index (χ0v) is 12.2. The Morgan fingerprint density at radius 2 is 2.11 bits per heavy atom. The van der Waals surface area contributed by atoms with E-state index in [2.05, 4.69) is 14.7 Å². The van der Waals surface area contributed by atoms with Crippen molar-refractivity contribution in [3.63, 3.8) is 0 Å². The van der Waals surface area contributed by atoms with E-state index in [1.165, 1.54) is 6.20 Å². The van der Waals surface area contributed by atoms with Crippen molar-refractivity contribution in [2.24, 2.45) is 5.41 Å². The van der Waals surface area contributed by atoms with E-state index in [0.29, 0.717) is 12.2 Å². The Morgan fingerprint density at radius 3 is 2.47 bits per heavy atom. The monoisotopic (exact) mass is 289 g/mol. The molecule has 0 aromatic carbocycles. The van der Waals surface area contributed by atoms with Crippen LogP contribution in [0.4, 0.5) is 0 Å². The molecule has 0 saturated carbocycles. The van der Waals surface area contributed by atoms with E-state index in [1.807, 2.05) is 6.92 Å². The van der Waals surface area contributed by atoms with Crippen molar-refractivity contribution in [2.45, 2.75) is 45.2 Å². The van der Waals surface area contributed by atoms with Crippen molar-refractivity contribution in [1.29, 1.82) is 0 Å². The SMILES string of the molecule is CCc1ncc(S(=O)(=O)N[C@H](C(=O)O)C(C)(C)C)[nH]1. The first-order chi connectivity index (χ1) is 8.58. The van der Waals surface area contributed by atoms with E-state index in [1.54, 1.807) is 20.8 Å². The lowest BCUT2D eigenvalue weighted by Crippen LogP contribution is -2.49. The number of carboxylic acids is 1. The number of imidazole rings is 1. The molecule has 1 rings (SSSR count). The van der Waals surface area contributed by atoms with E-state index in [0.717, 1.165) is 0 Å². The molecular formula is C11H19N3O4S. The third-order valence-corrected chi connectivity index (χ3v) is 3.95. The van der Waals surface area contributed by atoms with Gasteiger partial charge in [-0.15, -0.1) is 0 Å². The van der Waals surface area contributed by atoms with Gasteiger partial charge in [-0.25, -0.2) is 13.4 Å². The molecule has 0 aliphatic carbocycles. The van der Waals surface area contributed by atoms with Crippen molar-refractivity contribution < 1.29 is 18.3 Å². The smallest absolute Gasteiger partial charge is 0.322 e. The summed E-state index contributed by atoms with van der Waals surface area (Å²) in [5.74, 6) is -0.686. The Kier molecular flexibility index (Phi) is 4.36. The second-order valence-corrected chi connectivity index (χ2v) is 6.99. The summed E-state index contributed by atoms with van der Waals surface area (Å²) in [6, 6.07) is -1.22. The van der Waals surface area contributed by atoms with Crippen LogP contribution in [0.25, 0.3) is 0 Å². The highest BCUT2D eigenvalue weighted by atomic mass is 32.2. The summed E-state index contributed by atoms with van der Waals surface area (Å²) < 4.78 is 26.3. The number of H-pyrrole nitrogens is 1. The fraction of sp³-hybridized carbons (Fsp3) is 0.636. The number of aliphatic carboxylic acids is 1. The molecule has 0 unspecified atom stereocenters. The van der Waals surface area contributed by atoms with Crippen molar-refractivity contribution in [2.75, 3.05) is 0 Å². The Hall–Kier alpha value is -1.41. The first-order valence-corrected chi connectivity index (χ1v) is 7.35. The summed E-state index contributed by atoms with van der Waals surface area (Å²) >= 11 is 0. The second kappa shape index (κ2) is 5.30. The number of aryl methyl sites for hydroxylation is 1. The topological polar surface area (TPSA) is 112 Å². The van der Waals surface area contributed by atoms with Crippen LogP contribution in [-0.2, 0) is 21.2 Å². The molecule has 0 fully saturated rings. The molecule has 0 amide bonds. The molecule has 0 bridgehead atoms. The number of rotatable bonds is 5. The number of sulfonamides is 1. The minimum atomic E-state index is -3.93. The first kappa shape index (κ1) is 15.6. The largest absolute Gasteiger partial charge is 0.480 e. The molecule has 0 aliphatic heterocycles. The van der Waals surface area contributed by atoms with Gasteiger partial charge in [0, 0.05) is 6.42 Å². The molecule has 1 heterocycles. The van der Waals surface area contributed by atoms with Crippen LogP contribution in [0.5, 0.6) is 0 Å². The molecule has 3 N–H and O–H groups in total. The third-order valence-electron chi connectivity index (χ3n) is 2.62. The lowest BCUT2D eigenvalue weighted by atomic mass is 9.88. The number of carbonyl (C=O) groups is 1. The molecule has 0 spiro atoms. The zero-order valence-electron chi connectivity index (χ0n) is 11.4. The van der Waals surface area contributed by atoms with Gasteiger partial charge in [-0.1, -0.05) is 27.7 Å². The standard InChI is InChI=1S/C11H19N3O4S/c1-5-7-12-6-8(13-7)19(17,18)14-9(10(15)16)11(2,3)4/h6,9,14H,5H2,1-4H3,(H,12,13)(H,15,16)/t9-/m1/s1. The van der Waals surface area contributed by atoms with E-state index in [4.69, 9.17) is 5.11 Å². The Balaban J connectivity index is 3.04. The van der Waals surface area contributed by atoms with Crippen LogP contribution in [-0.4, -0.2) is 35.5 Å². The molecule has 108 valence electrons. The summed E-state index contributed by atoms with van der Waals surface area (Å²) in [4.78, 5) is 17.7. The predicted octanol–water partition coefficient (Wildman–Crippen LogP) is 0.750. The minimum absolute atomic E-state index is 0.125. The maximum absolute atomic E-state index is 12.1. The van der Waals surface area contributed by atoms with Gasteiger partial charge in [-0.2, -0.15) is 4.72 Å². The lowest BCUT2D eigenvalue weighted by Gasteiger charge is -2.27. The van der Waals surface area contributed by atoms with Gasteiger partial charge >= 0.3 is 5.97 Å². The normalized spacial score (nSPS) is 14.3. The number of aromatic nitrogens is 2. The van der Waals surface area contributed by atoms with E-state index in [-0.39, 0.29) is 5.03 Å². The molecule has 0 radical (unpaired) electrons. The molecule has 7 nitrogen and oxygen atoms in total. The fourth-order valence-corrected chi connectivity index (χ4v) is 2.81. The number of hydrogen-bond acceptors (Lipinski definition) is 4. The van der Waals surface area contributed by atoms with Crippen molar-refractivity contribution in [1.82, 2.24) is 14.7 Å². The molecule has 0 saturated heterocycles. The molecule has 1 aromatic heterocycles. The summed E-state index contributed by atoms with van der Waals surface area (Å²) in [7, 11) is -3.93. The quantitative estimate of drug-likeness (QED) is 0.740. The van der Waals surface area contributed by atoms with Crippen LogP contribution in [0.3, 0.4) is 0 Å². The highest BCUT2D eigenvalue weighted by Gasteiger charge is 2.35. The van der Waals surface area contributed by atoms with Crippen LogP contribution < -0.4 is 4.72 Å². The molecule has 0 aliphatic rings. The van der Waals surface area contributed by atoms with Gasteiger partial charge in [0.2, 0.25) is 0 Å². The summed E-state index contributed by atoms with van der Waals surface area (Å²) in [6.45, 7) is 6.79. The number of carboxylic acid groups (broad SMARTS) is 1. The average Bonchev–Trinajstić information content (AvgIpc) is 2.73. The van der Waals surface area contributed by atoms with Crippen LogP contribution in [0.1, 0.15) is 33.5 Å².